The summed E-state index contributed by atoms with van der Waals surface area (Å²) in [6.45, 7) is 7.04. The van der Waals surface area contributed by atoms with Gasteiger partial charge in [0.05, 0.1) is 17.1 Å². The third-order valence-electron chi connectivity index (χ3n) is 5.38. The summed E-state index contributed by atoms with van der Waals surface area (Å²) in [5, 5.41) is 5.33. The van der Waals surface area contributed by atoms with E-state index in [1.807, 2.05) is 11.8 Å². The van der Waals surface area contributed by atoms with Crippen molar-refractivity contribution in [3.8, 4) is 0 Å². The average Bonchev–Trinajstić information content (AvgIpc) is 3.63. The molecule has 0 bridgehead atoms. The first-order valence-corrected chi connectivity index (χ1v) is 11.7. The Morgan fingerprint density at radius 2 is 1.93 bits per heavy atom. The van der Waals surface area contributed by atoms with Gasteiger partial charge in [-0.1, -0.05) is 6.92 Å². The summed E-state index contributed by atoms with van der Waals surface area (Å²) >= 11 is 2.12. The zero-order valence-corrected chi connectivity index (χ0v) is 19.2. The van der Waals surface area contributed by atoms with E-state index in [2.05, 4.69) is 17.0 Å². The van der Waals surface area contributed by atoms with Crippen LogP contribution < -0.4 is 5.73 Å². The topological polar surface area (TPSA) is 56.2 Å². The molecule has 1 aromatic heterocycles. The first-order valence-electron chi connectivity index (χ1n) is 9.97. The van der Waals surface area contributed by atoms with Crippen LogP contribution in [-0.4, -0.2) is 25.9 Å². The predicted octanol–water partition coefficient (Wildman–Crippen LogP) is 5.85. The molecule has 3 aliphatic rings. The van der Waals surface area contributed by atoms with Gasteiger partial charge in [-0.05, 0) is 64.0 Å². The van der Waals surface area contributed by atoms with Crippen molar-refractivity contribution in [3.63, 3.8) is 0 Å². The number of aliphatic imine (C=N–C) groups is 1. The summed E-state index contributed by atoms with van der Waals surface area (Å²) in [4.78, 5) is 4.40. The minimum absolute atomic E-state index is 0.0924. The number of thioether (sulfide) groups is 1. The van der Waals surface area contributed by atoms with Crippen molar-refractivity contribution >= 4 is 29.8 Å². The van der Waals surface area contributed by atoms with Crippen LogP contribution in [-0.2, 0) is 12.8 Å². The van der Waals surface area contributed by atoms with Crippen LogP contribution in [0.5, 0.6) is 0 Å². The molecular weight excluding hydrogens is 429 g/mol. The van der Waals surface area contributed by atoms with E-state index in [1.54, 1.807) is 13.8 Å². The number of nitrogens with zero attached hydrogens (tertiary/aromatic N) is 3. The van der Waals surface area contributed by atoms with E-state index in [9.17, 15) is 12.7 Å². The van der Waals surface area contributed by atoms with Crippen LogP contribution in [0, 0.1) is 11.8 Å². The van der Waals surface area contributed by atoms with Crippen molar-refractivity contribution in [1.82, 2.24) is 9.19 Å². The standard InChI is InChI=1S/C18H21F3N4S.C3H6S/c1-4-14(19)17(20)15(22)5-9(2)23-10(3)18-13-7-11-6-12(11)8-16(13)25(24-18)26-21;1-3-2-4-3/h4-5,11-12H,6-8,22H2,1-3H3;3H,2H2,1H3/b9-5+,14-4-,17-15-,23-10?;. The second kappa shape index (κ2) is 9.68. The molecular formula is C21H27F3N4S2. The van der Waals surface area contributed by atoms with Crippen molar-refractivity contribution < 1.29 is 12.7 Å². The maximum Gasteiger partial charge on any atom is 0.187 e. The number of aromatic nitrogens is 2. The molecule has 30 heavy (non-hydrogen) atoms. The molecule has 0 amide bonds. The van der Waals surface area contributed by atoms with Gasteiger partial charge in [-0.3, -0.25) is 4.99 Å². The number of halogens is 3. The molecule has 0 aromatic carbocycles. The van der Waals surface area contributed by atoms with Gasteiger partial charge in [-0.2, -0.15) is 20.9 Å². The highest BCUT2D eigenvalue weighted by molar-refractivity contribution is 8.06. The first kappa shape index (κ1) is 23.1. The summed E-state index contributed by atoms with van der Waals surface area (Å²) in [5.41, 5.74) is 8.87. The number of rotatable bonds is 5. The Kier molecular flexibility index (Phi) is 7.44. The fourth-order valence-corrected chi connectivity index (χ4v) is 4.12. The van der Waals surface area contributed by atoms with Gasteiger partial charge in [0.1, 0.15) is 5.69 Å². The Labute approximate surface area is 184 Å². The van der Waals surface area contributed by atoms with E-state index in [0.717, 1.165) is 35.4 Å². The van der Waals surface area contributed by atoms with Crippen molar-refractivity contribution in [1.29, 1.82) is 0 Å². The zero-order valence-electron chi connectivity index (χ0n) is 17.6. The number of hydrogen-bond donors (Lipinski definition) is 1. The number of allylic oxidation sites excluding steroid dienone is 5. The number of fused-ring (bicyclic) bond motifs is 2. The molecule has 4 rings (SSSR count). The molecule has 1 aliphatic heterocycles. The van der Waals surface area contributed by atoms with Gasteiger partial charge in [-0.15, -0.1) is 3.89 Å². The van der Waals surface area contributed by atoms with Gasteiger partial charge in [0, 0.05) is 22.3 Å². The Hall–Kier alpha value is -1.61. The Balaban J connectivity index is 0.000000572. The Morgan fingerprint density at radius 3 is 2.50 bits per heavy atom. The largest absolute Gasteiger partial charge is 0.396 e. The lowest BCUT2D eigenvalue weighted by atomic mass is 9.95. The molecule has 4 nitrogen and oxygen atoms in total. The normalized spacial score (nSPS) is 26.2. The lowest BCUT2D eigenvalue weighted by molar-refractivity contribution is 0.537. The van der Waals surface area contributed by atoms with Crippen LogP contribution in [0.3, 0.4) is 0 Å². The van der Waals surface area contributed by atoms with E-state index < -0.39 is 11.7 Å². The minimum Gasteiger partial charge on any atom is -0.396 e. The Morgan fingerprint density at radius 1 is 1.30 bits per heavy atom. The van der Waals surface area contributed by atoms with Crippen molar-refractivity contribution in [2.75, 3.05) is 5.75 Å². The molecule has 1 saturated heterocycles. The molecule has 2 aliphatic carbocycles. The van der Waals surface area contributed by atoms with Crippen LogP contribution in [0.1, 0.15) is 51.1 Å². The first-order chi connectivity index (χ1) is 14.2. The van der Waals surface area contributed by atoms with Crippen LogP contribution >= 0.6 is 24.1 Å². The minimum atomic E-state index is -1.12. The fraction of sp³-hybridized carbons (Fsp3) is 0.524. The maximum absolute atomic E-state index is 13.7. The highest BCUT2D eigenvalue weighted by atomic mass is 32.2. The molecule has 0 spiro atoms. The van der Waals surface area contributed by atoms with Crippen LogP contribution in [0.2, 0.25) is 0 Å². The monoisotopic (exact) mass is 456 g/mol. The van der Waals surface area contributed by atoms with Crippen molar-refractivity contribution in [2.24, 2.45) is 22.6 Å². The smallest absolute Gasteiger partial charge is 0.187 e. The molecule has 3 atom stereocenters. The lowest BCUT2D eigenvalue weighted by Crippen LogP contribution is -2.09. The maximum atomic E-state index is 13.7. The predicted molar refractivity (Wildman–Crippen MR) is 120 cm³/mol. The molecule has 3 unspecified atom stereocenters. The van der Waals surface area contributed by atoms with Gasteiger partial charge in [0.15, 0.2) is 24.0 Å². The molecule has 2 heterocycles. The third kappa shape index (κ3) is 5.55. The number of nitrogens with two attached hydrogens (primary N) is 1. The third-order valence-corrected chi connectivity index (χ3v) is 6.81. The molecule has 1 aromatic rings. The molecule has 2 N–H and O–H groups in total. The second-order valence-corrected chi connectivity index (χ2v) is 9.87. The van der Waals surface area contributed by atoms with Crippen molar-refractivity contribution in [2.45, 2.75) is 52.2 Å². The van der Waals surface area contributed by atoms with Gasteiger partial charge in [0.25, 0.3) is 0 Å². The molecule has 1 saturated carbocycles. The summed E-state index contributed by atoms with van der Waals surface area (Å²) < 4.78 is 41.5. The van der Waals surface area contributed by atoms with Crippen LogP contribution in [0.4, 0.5) is 12.7 Å². The van der Waals surface area contributed by atoms with E-state index in [0.29, 0.717) is 28.9 Å². The molecule has 2 fully saturated rings. The van der Waals surface area contributed by atoms with E-state index in [-0.39, 0.29) is 18.0 Å². The van der Waals surface area contributed by atoms with Crippen LogP contribution in [0.15, 0.2) is 40.2 Å². The SMILES string of the molecule is C/C=C(F)/C(F)=C(N)\C=C(/C)N=C(C)c1nn(SF)c2c1CC1CC1C2.CC1CS1. The Bertz CT molecular complexity index is 929. The lowest BCUT2D eigenvalue weighted by Gasteiger charge is -2.11. The van der Waals surface area contributed by atoms with Crippen LogP contribution in [0.25, 0.3) is 0 Å². The quantitative estimate of drug-likeness (QED) is 0.343. The average molecular weight is 457 g/mol. The molecule has 0 radical (unpaired) electrons. The molecule has 9 heteroatoms. The summed E-state index contributed by atoms with van der Waals surface area (Å²) in [6, 6.07) is 0. The van der Waals surface area contributed by atoms with E-state index in [4.69, 9.17) is 5.73 Å². The van der Waals surface area contributed by atoms with Gasteiger partial charge in [-0.25, -0.2) is 8.78 Å². The fourth-order valence-electron chi connectivity index (χ4n) is 3.55. The number of hydrogen-bond acceptors (Lipinski definition) is 5. The van der Waals surface area contributed by atoms with Gasteiger partial charge < -0.3 is 5.73 Å². The molecule has 164 valence electrons. The zero-order chi connectivity index (χ0) is 22.0. The van der Waals surface area contributed by atoms with Gasteiger partial charge in [0.2, 0.25) is 0 Å². The highest BCUT2D eigenvalue weighted by Gasteiger charge is 2.44. The van der Waals surface area contributed by atoms with Crippen molar-refractivity contribution in [3.05, 3.63) is 52.2 Å². The summed E-state index contributed by atoms with van der Waals surface area (Å²) in [7, 11) is 0. The second-order valence-electron chi connectivity index (χ2n) is 7.91. The summed E-state index contributed by atoms with van der Waals surface area (Å²) in [6.07, 6.45) is 5.17. The summed E-state index contributed by atoms with van der Waals surface area (Å²) in [5.74, 6) is 0.574. The highest BCUT2D eigenvalue weighted by Crippen LogP contribution is 2.49. The van der Waals surface area contributed by atoms with Gasteiger partial charge >= 0.3 is 0 Å². The van der Waals surface area contributed by atoms with E-state index >= 15 is 0 Å². The van der Waals surface area contributed by atoms with E-state index in [1.165, 1.54) is 29.3 Å².